The van der Waals surface area contributed by atoms with Crippen molar-refractivity contribution in [1.82, 2.24) is 10.2 Å². The molecule has 2 fully saturated rings. The van der Waals surface area contributed by atoms with E-state index < -0.39 is 0 Å². The third-order valence-electron chi connectivity index (χ3n) is 5.11. The van der Waals surface area contributed by atoms with Crippen molar-refractivity contribution in [3.63, 3.8) is 0 Å². The number of aliphatic hydroxyl groups excluding tert-OH is 1. The van der Waals surface area contributed by atoms with Gasteiger partial charge in [-0.1, -0.05) is 40.0 Å². The number of aliphatic hydroxyl groups is 1. The second-order valence-corrected chi connectivity index (χ2v) is 8.50. The van der Waals surface area contributed by atoms with Gasteiger partial charge in [-0.15, -0.1) is 0 Å². The van der Waals surface area contributed by atoms with Crippen LogP contribution in [0.15, 0.2) is 0 Å². The van der Waals surface area contributed by atoms with Gasteiger partial charge in [-0.25, -0.2) is 0 Å². The number of nitrogens with one attached hydrogen (secondary N) is 1. The maximum absolute atomic E-state index is 9.32. The molecule has 0 aromatic heterocycles. The van der Waals surface area contributed by atoms with Gasteiger partial charge in [0.15, 0.2) is 0 Å². The molecule has 1 aliphatic heterocycles. The van der Waals surface area contributed by atoms with Crippen LogP contribution in [-0.2, 0) is 0 Å². The molecule has 21 heavy (non-hydrogen) atoms. The molecule has 2 unspecified atom stereocenters. The summed E-state index contributed by atoms with van der Waals surface area (Å²) in [5, 5.41) is 13.1. The smallest absolute Gasteiger partial charge is 0.0434 e. The highest BCUT2D eigenvalue weighted by atomic mass is 16.3. The van der Waals surface area contributed by atoms with Gasteiger partial charge in [0.1, 0.15) is 0 Å². The number of nitrogens with zero attached hydrogens (tertiary/aromatic N) is 1. The Labute approximate surface area is 131 Å². The Kier molecular flexibility index (Phi) is 6.51. The highest BCUT2D eigenvalue weighted by molar-refractivity contribution is 4.88. The van der Waals surface area contributed by atoms with Crippen LogP contribution in [0.5, 0.6) is 0 Å². The standard InChI is InChI=1S/C18H36N2O/c1-18(2,3)14-19-16-11-15(9-10-21)12-20(13-16)17-7-5-4-6-8-17/h15-17,19,21H,4-14H2,1-3H3. The molecule has 1 aliphatic carbocycles. The zero-order chi connectivity index (χ0) is 15.3. The van der Waals surface area contributed by atoms with E-state index in [-0.39, 0.29) is 0 Å². The van der Waals surface area contributed by atoms with Crippen molar-refractivity contribution in [1.29, 1.82) is 0 Å². The molecular weight excluding hydrogens is 260 g/mol. The minimum Gasteiger partial charge on any atom is -0.396 e. The van der Waals surface area contributed by atoms with Crippen LogP contribution in [-0.4, -0.2) is 48.3 Å². The average Bonchev–Trinajstić information content (AvgIpc) is 2.46. The van der Waals surface area contributed by atoms with Crippen molar-refractivity contribution in [3.05, 3.63) is 0 Å². The highest BCUT2D eigenvalue weighted by Gasteiger charge is 2.31. The maximum Gasteiger partial charge on any atom is 0.0434 e. The number of hydrogen-bond acceptors (Lipinski definition) is 3. The molecule has 0 aromatic carbocycles. The van der Waals surface area contributed by atoms with Gasteiger partial charge in [-0.3, -0.25) is 4.90 Å². The van der Waals surface area contributed by atoms with Crippen molar-refractivity contribution in [2.75, 3.05) is 26.2 Å². The van der Waals surface area contributed by atoms with Crippen LogP contribution in [0, 0.1) is 11.3 Å². The van der Waals surface area contributed by atoms with E-state index in [0.717, 1.165) is 19.0 Å². The maximum atomic E-state index is 9.32. The molecular formula is C18H36N2O. The molecule has 1 saturated carbocycles. The molecule has 0 spiro atoms. The summed E-state index contributed by atoms with van der Waals surface area (Å²) in [6.07, 6.45) is 9.22. The Morgan fingerprint density at radius 2 is 1.81 bits per heavy atom. The summed E-state index contributed by atoms with van der Waals surface area (Å²) in [5.41, 5.74) is 0.347. The third kappa shape index (κ3) is 5.88. The van der Waals surface area contributed by atoms with Gasteiger partial charge in [0.2, 0.25) is 0 Å². The molecule has 2 N–H and O–H groups in total. The molecule has 1 heterocycles. The molecule has 1 saturated heterocycles. The Morgan fingerprint density at radius 3 is 2.43 bits per heavy atom. The van der Waals surface area contributed by atoms with Crippen LogP contribution < -0.4 is 5.32 Å². The molecule has 124 valence electrons. The Morgan fingerprint density at radius 1 is 1.10 bits per heavy atom. The summed E-state index contributed by atoms with van der Waals surface area (Å²) in [7, 11) is 0. The van der Waals surface area contributed by atoms with E-state index >= 15 is 0 Å². The van der Waals surface area contributed by atoms with Crippen molar-refractivity contribution in [3.8, 4) is 0 Å². The first-order valence-electron chi connectivity index (χ1n) is 9.06. The molecule has 3 heteroatoms. The molecule has 2 aliphatic rings. The first kappa shape index (κ1) is 17.2. The molecule has 2 rings (SSSR count). The SMILES string of the molecule is CC(C)(C)CNC1CC(CCO)CN(C2CCCCC2)C1. The van der Waals surface area contributed by atoms with E-state index in [1.54, 1.807) is 0 Å². The summed E-state index contributed by atoms with van der Waals surface area (Å²) in [4.78, 5) is 2.74. The van der Waals surface area contributed by atoms with Crippen LogP contribution in [0.3, 0.4) is 0 Å². The molecule has 3 nitrogen and oxygen atoms in total. The zero-order valence-electron chi connectivity index (χ0n) is 14.4. The van der Waals surface area contributed by atoms with Crippen LogP contribution >= 0.6 is 0 Å². The fourth-order valence-electron chi connectivity index (χ4n) is 3.98. The lowest BCUT2D eigenvalue weighted by molar-refractivity contribution is 0.0654. The minimum atomic E-state index is 0.342. The van der Waals surface area contributed by atoms with Gasteiger partial charge in [0.05, 0.1) is 0 Å². The van der Waals surface area contributed by atoms with Gasteiger partial charge in [-0.05, 0) is 37.0 Å². The number of piperidine rings is 1. The predicted molar refractivity (Wildman–Crippen MR) is 89.5 cm³/mol. The number of hydrogen-bond donors (Lipinski definition) is 2. The lowest BCUT2D eigenvalue weighted by Gasteiger charge is -2.44. The average molecular weight is 296 g/mol. The van der Waals surface area contributed by atoms with Crippen molar-refractivity contribution in [2.24, 2.45) is 11.3 Å². The quantitative estimate of drug-likeness (QED) is 0.818. The summed E-state index contributed by atoms with van der Waals surface area (Å²) >= 11 is 0. The van der Waals surface area contributed by atoms with Gasteiger partial charge < -0.3 is 10.4 Å². The Bertz CT molecular complexity index is 294. The number of likely N-dealkylation sites (tertiary alicyclic amines) is 1. The van der Waals surface area contributed by atoms with Crippen molar-refractivity contribution in [2.45, 2.75) is 77.8 Å². The highest BCUT2D eigenvalue weighted by Crippen LogP contribution is 2.28. The van der Waals surface area contributed by atoms with Gasteiger partial charge in [0.25, 0.3) is 0 Å². The van der Waals surface area contributed by atoms with E-state index in [9.17, 15) is 5.11 Å². The Hall–Kier alpha value is -0.120. The summed E-state index contributed by atoms with van der Waals surface area (Å²) in [6, 6.07) is 1.41. The minimum absolute atomic E-state index is 0.342. The number of rotatable bonds is 5. The summed E-state index contributed by atoms with van der Waals surface area (Å²) < 4.78 is 0. The Balaban J connectivity index is 1.90. The first-order valence-corrected chi connectivity index (χ1v) is 9.06. The summed E-state index contributed by atoms with van der Waals surface area (Å²) in [5.74, 6) is 0.670. The van der Waals surface area contributed by atoms with Crippen LogP contribution in [0.1, 0.15) is 65.7 Å². The van der Waals surface area contributed by atoms with Crippen molar-refractivity contribution >= 4 is 0 Å². The van der Waals surface area contributed by atoms with E-state index in [0.29, 0.717) is 24.0 Å². The van der Waals surface area contributed by atoms with Crippen molar-refractivity contribution < 1.29 is 5.11 Å². The van der Waals surface area contributed by atoms with Crippen LogP contribution in [0.25, 0.3) is 0 Å². The largest absolute Gasteiger partial charge is 0.396 e. The second-order valence-electron chi connectivity index (χ2n) is 8.50. The van der Waals surface area contributed by atoms with Crippen LogP contribution in [0.4, 0.5) is 0 Å². The molecule has 0 radical (unpaired) electrons. The van der Waals surface area contributed by atoms with E-state index in [1.165, 1.54) is 51.6 Å². The zero-order valence-corrected chi connectivity index (χ0v) is 14.4. The monoisotopic (exact) mass is 296 g/mol. The molecule has 0 amide bonds. The lowest BCUT2D eigenvalue weighted by Crippen LogP contribution is -2.54. The normalized spacial score (nSPS) is 29.7. The van der Waals surface area contributed by atoms with Crippen LogP contribution in [0.2, 0.25) is 0 Å². The van der Waals surface area contributed by atoms with E-state index in [2.05, 4.69) is 31.0 Å². The molecule has 2 atom stereocenters. The van der Waals surface area contributed by atoms with E-state index in [1.807, 2.05) is 0 Å². The third-order valence-corrected chi connectivity index (χ3v) is 5.11. The fraction of sp³-hybridized carbons (Fsp3) is 1.00. The lowest BCUT2D eigenvalue weighted by atomic mass is 9.86. The topological polar surface area (TPSA) is 35.5 Å². The molecule has 0 aromatic rings. The fourth-order valence-corrected chi connectivity index (χ4v) is 3.98. The first-order chi connectivity index (χ1) is 9.98. The molecule has 0 bridgehead atoms. The van der Waals surface area contributed by atoms with Gasteiger partial charge in [-0.2, -0.15) is 0 Å². The summed E-state index contributed by atoms with van der Waals surface area (Å²) in [6.45, 7) is 10.7. The second kappa shape index (κ2) is 7.94. The van der Waals surface area contributed by atoms with Gasteiger partial charge in [0, 0.05) is 38.3 Å². The van der Waals surface area contributed by atoms with Gasteiger partial charge >= 0.3 is 0 Å². The predicted octanol–water partition coefficient (Wildman–Crippen LogP) is 3.03. The van der Waals surface area contributed by atoms with E-state index in [4.69, 9.17) is 0 Å².